The molecule has 1 aliphatic heterocycles. The highest BCUT2D eigenvalue weighted by atomic mass is 16.3. The Morgan fingerprint density at radius 3 is 2.71 bits per heavy atom. The second-order valence-corrected chi connectivity index (χ2v) is 4.19. The van der Waals surface area contributed by atoms with Crippen molar-refractivity contribution in [2.24, 2.45) is 0 Å². The van der Waals surface area contributed by atoms with Crippen LogP contribution in [0.15, 0.2) is 4.79 Å². The second-order valence-electron chi connectivity index (χ2n) is 4.19. The summed E-state index contributed by atoms with van der Waals surface area (Å²) >= 11 is 0. The van der Waals surface area contributed by atoms with Gasteiger partial charge in [-0.05, 0) is 6.42 Å². The number of H-pyrrole nitrogens is 1. The molecular weight excluding hydrogens is 220 g/mol. The summed E-state index contributed by atoms with van der Waals surface area (Å²) in [5.41, 5.74) is 0.124. The molecule has 0 bridgehead atoms. The van der Waals surface area contributed by atoms with Gasteiger partial charge in [-0.2, -0.15) is 4.98 Å². The van der Waals surface area contributed by atoms with E-state index < -0.39 is 0 Å². The van der Waals surface area contributed by atoms with Crippen molar-refractivity contribution in [1.29, 1.82) is 0 Å². The van der Waals surface area contributed by atoms with Crippen LogP contribution in [0, 0.1) is 0 Å². The Morgan fingerprint density at radius 1 is 1.41 bits per heavy atom. The summed E-state index contributed by atoms with van der Waals surface area (Å²) in [4.78, 5) is 20.6. The predicted molar refractivity (Wildman–Crippen MR) is 64.0 cm³/mol. The maximum atomic E-state index is 11.6. The predicted octanol–water partition coefficient (Wildman–Crippen LogP) is -0.557. The monoisotopic (exact) mass is 238 g/mol. The van der Waals surface area contributed by atoms with Crippen LogP contribution >= 0.6 is 0 Å². The van der Waals surface area contributed by atoms with E-state index in [1.165, 1.54) is 0 Å². The Bertz CT molecular complexity index is 438. The molecule has 0 spiro atoms. The molecule has 6 nitrogen and oxygen atoms in total. The van der Waals surface area contributed by atoms with Crippen molar-refractivity contribution >= 4 is 0 Å². The van der Waals surface area contributed by atoms with E-state index in [0.29, 0.717) is 24.4 Å². The smallest absolute Gasteiger partial charge is 0.257 e. The summed E-state index contributed by atoms with van der Waals surface area (Å²) < 4.78 is 0. The van der Waals surface area contributed by atoms with Crippen LogP contribution in [0.4, 0.5) is 0 Å². The molecular formula is C11H18N4O2. The van der Waals surface area contributed by atoms with E-state index in [2.05, 4.69) is 20.2 Å². The summed E-state index contributed by atoms with van der Waals surface area (Å²) in [5.74, 6) is 0.396. The summed E-state index contributed by atoms with van der Waals surface area (Å²) in [6.45, 7) is 6.16. The molecule has 0 atom stereocenters. The van der Waals surface area contributed by atoms with Crippen LogP contribution in [0.3, 0.4) is 0 Å². The van der Waals surface area contributed by atoms with Gasteiger partial charge in [0.05, 0.1) is 12.1 Å². The van der Waals surface area contributed by atoms with Gasteiger partial charge in [-0.1, -0.05) is 6.92 Å². The van der Waals surface area contributed by atoms with Crippen LogP contribution < -0.4 is 10.9 Å². The van der Waals surface area contributed by atoms with Crippen molar-refractivity contribution in [2.75, 3.05) is 26.2 Å². The molecule has 0 aliphatic carbocycles. The van der Waals surface area contributed by atoms with Gasteiger partial charge in [0.15, 0.2) is 0 Å². The first-order chi connectivity index (χ1) is 8.20. The molecule has 0 saturated carbocycles. The van der Waals surface area contributed by atoms with Crippen LogP contribution in [0.25, 0.3) is 0 Å². The van der Waals surface area contributed by atoms with Gasteiger partial charge in [0.25, 0.3) is 5.56 Å². The Balaban J connectivity index is 2.13. The van der Waals surface area contributed by atoms with Crippen molar-refractivity contribution in [1.82, 2.24) is 20.2 Å². The molecule has 17 heavy (non-hydrogen) atoms. The maximum absolute atomic E-state index is 11.6. The molecule has 0 radical (unpaired) electrons. The topological polar surface area (TPSA) is 81.2 Å². The maximum Gasteiger partial charge on any atom is 0.257 e. The van der Waals surface area contributed by atoms with Gasteiger partial charge >= 0.3 is 0 Å². The lowest BCUT2D eigenvalue weighted by molar-refractivity contribution is 0.226. The van der Waals surface area contributed by atoms with Gasteiger partial charge in [0, 0.05) is 26.2 Å². The fourth-order valence-corrected chi connectivity index (χ4v) is 2.01. The van der Waals surface area contributed by atoms with Gasteiger partial charge < -0.3 is 15.4 Å². The zero-order chi connectivity index (χ0) is 12.3. The third-order valence-corrected chi connectivity index (χ3v) is 2.98. The van der Waals surface area contributed by atoms with Crippen LogP contribution in [-0.2, 0) is 13.0 Å². The number of hydrogen-bond acceptors (Lipinski definition) is 5. The number of piperazine rings is 1. The van der Waals surface area contributed by atoms with Gasteiger partial charge in [-0.15, -0.1) is 0 Å². The number of rotatable bonds is 3. The van der Waals surface area contributed by atoms with Crippen LogP contribution in [0.2, 0.25) is 0 Å². The lowest BCUT2D eigenvalue weighted by atomic mass is 10.2. The lowest BCUT2D eigenvalue weighted by Gasteiger charge is -2.26. The second kappa shape index (κ2) is 5.29. The number of aromatic amines is 1. The van der Waals surface area contributed by atoms with Gasteiger partial charge in [0.1, 0.15) is 5.82 Å². The minimum atomic E-state index is -0.231. The Morgan fingerprint density at radius 2 is 2.12 bits per heavy atom. The summed E-state index contributed by atoms with van der Waals surface area (Å²) in [7, 11) is 0. The van der Waals surface area contributed by atoms with E-state index in [4.69, 9.17) is 0 Å². The SMILES string of the molecule is CCc1c(O)nc(CN2CCNCC2)[nH]c1=O. The highest BCUT2D eigenvalue weighted by Crippen LogP contribution is 2.09. The number of hydrogen-bond donors (Lipinski definition) is 3. The Labute approximate surface area is 99.7 Å². The average Bonchev–Trinajstić information content (AvgIpc) is 2.30. The van der Waals surface area contributed by atoms with Crippen LogP contribution in [0.5, 0.6) is 5.88 Å². The van der Waals surface area contributed by atoms with E-state index in [-0.39, 0.29) is 11.4 Å². The van der Waals surface area contributed by atoms with E-state index in [1.54, 1.807) is 0 Å². The van der Waals surface area contributed by atoms with Gasteiger partial charge in [-0.25, -0.2) is 0 Å². The van der Waals surface area contributed by atoms with Crippen molar-refractivity contribution < 1.29 is 5.11 Å². The summed E-state index contributed by atoms with van der Waals surface area (Å²) in [6.07, 6.45) is 0.488. The molecule has 0 unspecified atom stereocenters. The number of aromatic nitrogens is 2. The van der Waals surface area contributed by atoms with Crippen LogP contribution in [0.1, 0.15) is 18.3 Å². The van der Waals surface area contributed by atoms with E-state index in [9.17, 15) is 9.90 Å². The minimum absolute atomic E-state index is 0.138. The zero-order valence-electron chi connectivity index (χ0n) is 9.99. The molecule has 6 heteroatoms. The molecule has 94 valence electrons. The first-order valence-corrected chi connectivity index (χ1v) is 5.94. The first-order valence-electron chi connectivity index (χ1n) is 5.94. The molecule has 0 amide bonds. The zero-order valence-corrected chi connectivity index (χ0v) is 9.99. The number of aromatic hydroxyl groups is 1. The normalized spacial score (nSPS) is 17.2. The highest BCUT2D eigenvalue weighted by molar-refractivity contribution is 5.22. The standard InChI is InChI=1S/C11H18N4O2/c1-2-8-10(16)13-9(14-11(8)17)7-15-5-3-12-4-6-15/h12H,2-7H2,1H3,(H2,13,14,16,17). The molecule has 1 fully saturated rings. The van der Waals surface area contributed by atoms with E-state index >= 15 is 0 Å². The third-order valence-electron chi connectivity index (χ3n) is 2.98. The van der Waals surface area contributed by atoms with E-state index in [1.807, 2.05) is 6.92 Å². The number of nitrogens with one attached hydrogen (secondary N) is 2. The third kappa shape index (κ3) is 2.83. The molecule has 1 saturated heterocycles. The molecule has 2 heterocycles. The van der Waals surface area contributed by atoms with Crippen molar-refractivity contribution in [2.45, 2.75) is 19.9 Å². The average molecular weight is 238 g/mol. The Hall–Kier alpha value is -1.40. The minimum Gasteiger partial charge on any atom is -0.493 e. The van der Waals surface area contributed by atoms with Crippen molar-refractivity contribution in [3.05, 3.63) is 21.7 Å². The number of nitrogens with zero attached hydrogens (tertiary/aromatic N) is 2. The summed E-state index contributed by atoms with van der Waals surface area (Å²) in [5, 5.41) is 12.9. The van der Waals surface area contributed by atoms with Crippen molar-refractivity contribution in [3.63, 3.8) is 0 Å². The highest BCUT2D eigenvalue weighted by Gasteiger charge is 2.13. The molecule has 1 aromatic heterocycles. The molecule has 0 aromatic carbocycles. The fraction of sp³-hybridized carbons (Fsp3) is 0.636. The molecule has 2 rings (SSSR count). The van der Waals surface area contributed by atoms with Crippen molar-refractivity contribution in [3.8, 4) is 5.88 Å². The molecule has 3 N–H and O–H groups in total. The van der Waals surface area contributed by atoms with Gasteiger partial charge in [0.2, 0.25) is 5.88 Å². The van der Waals surface area contributed by atoms with E-state index in [0.717, 1.165) is 26.2 Å². The largest absolute Gasteiger partial charge is 0.493 e. The molecule has 1 aromatic rings. The quantitative estimate of drug-likeness (QED) is 0.658. The first kappa shape index (κ1) is 12.1. The summed E-state index contributed by atoms with van der Waals surface area (Å²) in [6, 6.07) is 0. The molecule has 1 aliphatic rings. The Kier molecular flexibility index (Phi) is 3.75. The van der Waals surface area contributed by atoms with Crippen LogP contribution in [-0.4, -0.2) is 46.2 Å². The lowest BCUT2D eigenvalue weighted by Crippen LogP contribution is -2.43. The van der Waals surface area contributed by atoms with Gasteiger partial charge in [-0.3, -0.25) is 9.69 Å². The fourth-order valence-electron chi connectivity index (χ4n) is 2.01.